The summed E-state index contributed by atoms with van der Waals surface area (Å²) < 4.78 is 11.1. The molecule has 1 N–H and O–H groups in total. The van der Waals surface area contributed by atoms with E-state index in [1.807, 2.05) is 29.3 Å². The van der Waals surface area contributed by atoms with E-state index in [9.17, 15) is 4.79 Å². The fourth-order valence-corrected chi connectivity index (χ4v) is 3.95. The van der Waals surface area contributed by atoms with Crippen molar-refractivity contribution in [3.8, 4) is 11.5 Å². The first-order chi connectivity index (χ1) is 14.1. The molecule has 7 heteroatoms. The third-order valence-electron chi connectivity index (χ3n) is 5.59. The second-order valence-corrected chi connectivity index (χ2v) is 7.65. The summed E-state index contributed by atoms with van der Waals surface area (Å²) in [6, 6.07) is 7.55. The SMILES string of the molecule is COc1cccc(O[C@@H](C)C(=O)N2CCc3nc([C@H]4CCCCN4)ncc3C2)c1. The number of methoxy groups -OCH3 is 1. The van der Waals surface area contributed by atoms with Crippen LogP contribution >= 0.6 is 0 Å². The molecule has 0 spiro atoms. The molecule has 2 aliphatic heterocycles. The van der Waals surface area contributed by atoms with Crippen molar-refractivity contribution >= 4 is 5.91 Å². The van der Waals surface area contributed by atoms with Crippen molar-refractivity contribution in [2.45, 2.75) is 51.3 Å². The number of fused-ring (bicyclic) bond motifs is 1. The number of nitrogens with one attached hydrogen (secondary N) is 1. The van der Waals surface area contributed by atoms with Gasteiger partial charge in [0.2, 0.25) is 0 Å². The zero-order chi connectivity index (χ0) is 20.2. The minimum atomic E-state index is -0.574. The van der Waals surface area contributed by atoms with Crippen LogP contribution in [0.4, 0.5) is 0 Å². The van der Waals surface area contributed by atoms with Gasteiger partial charge in [0.1, 0.15) is 17.3 Å². The van der Waals surface area contributed by atoms with Gasteiger partial charge in [0, 0.05) is 37.3 Å². The maximum absolute atomic E-state index is 12.9. The van der Waals surface area contributed by atoms with Gasteiger partial charge in [-0.2, -0.15) is 0 Å². The summed E-state index contributed by atoms with van der Waals surface area (Å²) in [6.07, 6.45) is 5.58. The van der Waals surface area contributed by atoms with E-state index in [4.69, 9.17) is 14.5 Å². The highest BCUT2D eigenvalue weighted by molar-refractivity contribution is 5.81. The van der Waals surface area contributed by atoms with Crippen LogP contribution in [0.5, 0.6) is 11.5 Å². The van der Waals surface area contributed by atoms with E-state index in [0.29, 0.717) is 24.6 Å². The minimum Gasteiger partial charge on any atom is -0.497 e. The van der Waals surface area contributed by atoms with Gasteiger partial charge in [-0.05, 0) is 38.4 Å². The normalized spacial score (nSPS) is 19.9. The lowest BCUT2D eigenvalue weighted by molar-refractivity contribution is -0.138. The summed E-state index contributed by atoms with van der Waals surface area (Å²) in [7, 11) is 1.61. The van der Waals surface area contributed by atoms with Gasteiger partial charge in [-0.1, -0.05) is 12.5 Å². The van der Waals surface area contributed by atoms with Crippen LogP contribution in [0.25, 0.3) is 0 Å². The number of hydrogen-bond acceptors (Lipinski definition) is 6. The molecule has 7 nitrogen and oxygen atoms in total. The molecule has 1 saturated heterocycles. The van der Waals surface area contributed by atoms with Crippen molar-refractivity contribution < 1.29 is 14.3 Å². The molecule has 2 aromatic rings. The molecule has 2 atom stereocenters. The molecule has 4 rings (SSSR count). The Morgan fingerprint density at radius 3 is 2.97 bits per heavy atom. The van der Waals surface area contributed by atoms with Gasteiger partial charge in [0.25, 0.3) is 5.91 Å². The van der Waals surface area contributed by atoms with Crippen LogP contribution in [-0.2, 0) is 17.8 Å². The molecule has 1 amide bonds. The number of amides is 1. The molecule has 0 aliphatic carbocycles. The van der Waals surface area contributed by atoms with Crippen molar-refractivity contribution in [2.75, 3.05) is 20.2 Å². The Bertz CT molecular complexity index is 867. The van der Waals surface area contributed by atoms with Gasteiger partial charge in [-0.15, -0.1) is 0 Å². The van der Waals surface area contributed by atoms with E-state index in [2.05, 4.69) is 10.3 Å². The molecule has 2 aliphatic rings. The molecule has 0 unspecified atom stereocenters. The van der Waals surface area contributed by atoms with Crippen LogP contribution in [0, 0.1) is 0 Å². The summed E-state index contributed by atoms with van der Waals surface area (Å²) in [6.45, 7) is 3.98. The monoisotopic (exact) mass is 396 g/mol. The van der Waals surface area contributed by atoms with Gasteiger partial charge >= 0.3 is 0 Å². The Hall–Kier alpha value is -2.67. The molecular formula is C22H28N4O3. The predicted molar refractivity (Wildman–Crippen MR) is 109 cm³/mol. The summed E-state index contributed by atoms with van der Waals surface area (Å²) in [5.41, 5.74) is 2.09. The number of rotatable bonds is 5. The smallest absolute Gasteiger partial charge is 0.263 e. The third kappa shape index (κ3) is 4.50. The maximum atomic E-state index is 12.9. The first kappa shape index (κ1) is 19.6. The molecule has 1 fully saturated rings. The average Bonchev–Trinajstić information content (AvgIpc) is 2.78. The zero-order valence-electron chi connectivity index (χ0n) is 17.1. The van der Waals surface area contributed by atoms with Gasteiger partial charge < -0.3 is 19.7 Å². The summed E-state index contributed by atoms with van der Waals surface area (Å²) in [4.78, 5) is 24.1. The Morgan fingerprint density at radius 2 is 2.17 bits per heavy atom. The van der Waals surface area contributed by atoms with E-state index >= 15 is 0 Å². The molecule has 0 saturated carbocycles. The Kier molecular flexibility index (Phi) is 5.94. The van der Waals surface area contributed by atoms with Crippen LogP contribution < -0.4 is 14.8 Å². The minimum absolute atomic E-state index is 0.0310. The number of nitrogens with zero attached hydrogens (tertiary/aromatic N) is 3. The van der Waals surface area contributed by atoms with Gasteiger partial charge in [0.15, 0.2) is 6.10 Å². The van der Waals surface area contributed by atoms with Crippen LogP contribution in [0.15, 0.2) is 30.5 Å². The van der Waals surface area contributed by atoms with E-state index in [-0.39, 0.29) is 11.9 Å². The largest absolute Gasteiger partial charge is 0.497 e. The first-order valence-corrected chi connectivity index (χ1v) is 10.3. The standard InChI is InChI=1S/C22H28N4O3/c1-15(29-18-7-5-6-17(12-18)28-2)22(27)26-11-9-19-16(14-26)13-24-21(25-19)20-8-3-4-10-23-20/h5-7,12-13,15,20,23H,3-4,8-11,14H2,1-2H3/t15-,20+/m0/s1. The van der Waals surface area contributed by atoms with Crippen LogP contribution in [0.1, 0.15) is 49.3 Å². The van der Waals surface area contributed by atoms with Crippen LogP contribution in [0.3, 0.4) is 0 Å². The zero-order valence-corrected chi connectivity index (χ0v) is 17.1. The number of piperidine rings is 1. The third-order valence-corrected chi connectivity index (χ3v) is 5.59. The van der Waals surface area contributed by atoms with Crippen molar-refractivity contribution in [3.63, 3.8) is 0 Å². The highest BCUT2D eigenvalue weighted by Gasteiger charge is 2.28. The summed E-state index contributed by atoms with van der Waals surface area (Å²) in [5, 5.41) is 3.50. The molecule has 1 aromatic carbocycles. The van der Waals surface area contributed by atoms with Gasteiger partial charge in [-0.25, -0.2) is 9.97 Å². The molecule has 0 bridgehead atoms. The lowest BCUT2D eigenvalue weighted by Crippen LogP contribution is -2.43. The molecule has 1 aromatic heterocycles. The topological polar surface area (TPSA) is 76.6 Å². The number of carbonyl (C=O) groups is 1. The lowest BCUT2D eigenvalue weighted by Gasteiger charge is -2.31. The Labute approximate surface area is 171 Å². The Morgan fingerprint density at radius 1 is 1.31 bits per heavy atom. The highest BCUT2D eigenvalue weighted by Crippen LogP contribution is 2.24. The fraction of sp³-hybridized carbons (Fsp3) is 0.500. The Balaban J connectivity index is 1.40. The quantitative estimate of drug-likeness (QED) is 0.837. The van der Waals surface area contributed by atoms with Crippen LogP contribution in [-0.4, -0.2) is 47.1 Å². The second kappa shape index (κ2) is 8.78. The summed E-state index contributed by atoms with van der Waals surface area (Å²) >= 11 is 0. The first-order valence-electron chi connectivity index (χ1n) is 10.3. The number of benzene rings is 1. The van der Waals surface area contributed by atoms with Crippen molar-refractivity contribution in [2.24, 2.45) is 0 Å². The van der Waals surface area contributed by atoms with E-state index in [0.717, 1.165) is 36.5 Å². The van der Waals surface area contributed by atoms with Crippen molar-refractivity contribution in [1.82, 2.24) is 20.2 Å². The maximum Gasteiger partial charge on any atom is 0.263 e. The van der Waals surface area contributed by atoms with Crippen molar-refractivity contribution in [3.05, 3.63) is 47.5 Å². The van der Waals surface area contributed by atoms with Crippen molar-refractivity contribution in [1.29, 1.82) is 0 Å². The fourth-order valence-electron chi connectivity index (χ4n) is 3.95. The molecule has 29 heavy (non-hydrogen) atoms. The van der Waals surface area contributed by atoms with E-state index < -0.39 is 6.10 Å². The average molecular weight is 396 g/mol. The molecule has 154 valence electrons. The molecule has 3 heterocycles. The number of aromatic nitrogens is 2. The number of carbonyl (C=O) groups excluding carboxylic acids is 1. The lowest BCUT2D eigenvalue weighted by atomic mass is 10.0. The number of hydrogen-bond donors (Lipinski definition) is 1. The molecule has 0 radical (unpaired) electrons. The highest BCUT2D eigenvalue weighted by atomic mass is 16.5. The van der Waals surface area contributed by atoms with Gasteiger partial charge in [-0.3, -0.25) is 4.79 Å². The number of ether oxygens (including phenoxy) is 2. The van der Waals surface area contributed by atoms with E-state index in [1.165, 1.54) is 12.8 Å². The summed E-state index contributed by atoms with van der Waals surface area (Å²) in [5.74, 6) is 2.18. The molecular weight excluding hydrogens is 368 g/mol. The van der Waals surface area contributed by atoms with E-state index in [1.54, 1.807) is 20.1 Å². The second-order valence-electron chi connectivity index (χ2n) is 7.65. The van der Waals surface area contributed by atoms with Crippen LogP contribution in [0.2, 0.25) is 0 Å². The van der Waals surface area contributed by atoms with Gasteiger partial charge in [0.05, 0.1) is 18.8 Å². The predicted octanol–water partition coefficient (Wildman–Crippen LogP) is 2.65.